The molecule has 2 aromatic rings. The van der Waals surface area contributed by atoms with E-state index in [1.807, 2.05) is 6.92 Å². The number of aromatic nitrogens is 4. The molecule has 4 unspecified atom stereocenters. The van der Waals surface area contributed by atoms with Gasteiger partial charge in [-0.3, -0.25) is 4.57 Å². The van der Waals surface area contributed by atoms with Crippen LogP contribution in [0.3, 0.4) is 0 Å². The Morgan fingerprint density at radius 3 is 2.91 bits per heavy atom. The number of aliphatic hydroxyl groups is 2. The van der Waals surface area contributed by atoms with Gasteiger partial charge in [0, 0.05) is 6.54 Å². The zero-order valence-electron chi connectivity index (χ0n) is 11.8. The first kappa shape index (κ1) is 15.4. The van der Waals surface area contributed by atoms with Gasteiger partial charge in [-0.15, -0.1) is 0 Å². The van der Waals surface area contributed by atoms with E-state index in [4.69, 9.17) is 22.1 Å². The number of likely N-dealkylation sites (N-methyl/N-ethyl adjacent to an activating group) is 1. The summed E-state index contributed by atoms with van der Waals surface area (Å²) in [6.45, 7) is 3.11. The van der Waals surface area contributed by atoms with Crippen molar-refractivity contribution < 1.29 is 14.9 Å². The smallest absolute Gasteiger partial charge is 0.226 e. The number of imidazole rings is 1. The second-order valence-electron chi connectivity index (χ2n) is 5.06. The number of nitrogens with two attached hydrogens (primary N) is 1. The minimum atomic E-state index is -1.11. The van der Waals surface area contributed by atoms with Crippen molar-refractivity contribution in [3.05, 3.63) is 11.6 Å². The largest absolute Gasteiger partial charge is 0.387 e. The van der Waals surface area contributed by atoms with Crippen LogP contribution in [0.2, 0.25) is 5.28 Å². The molecule has 22 heavy (non-hydrogen) atoms. The highest BCUT2D eigenvalue weighted by Crippen LogP contribution is 2.32. The Balaban J connectivity index is 1.94. The number of halogens is 1. The third-order valence-electron chi connectivity index (χ3n) is 3.63. The Kier molecular flexibility index (Phi) is 4.15. The van der Waals surface area contributed by atoms with E-state index in [2.05, 4.69) is 20.3 Å². The third-order valence-corrected chi connectivity index (χ3v) is 3.80. The van der Waals surface area contributed by atoms with Gasteiger partial charge in [0.15, 0.2) is 17.7 Å². The van der Waals surface area contributed by atoms with Gasteiger partial charge in [0.2, 0.25) is 5.28 Å². The highest BCUT2D eigenvalue weighted by atomic mass is 35.5. The van der Waals surface area contributed by atoms with Crippen LogP contribution in [0.5, 0.6) is 0 Å². The molecule has 0 aromatic carbocycles. The average Bonchev–Trinajstić information content (AvgIpc) is 3.00. The maximum Gasteiger partial charge on any atom is 0.226 e. The number of nitrogens with one attached hydrogen (secondary N) is 1. The average molecular weight is 329 g/mol. The Labute approximate surface area is 131 Å². The van der Waals surface area contributed by atoms with Crippen LogP contribution in [0.4, 0.5) is 5.82 Å². The summed E-state index contributed by atoms with van der Waals surface area (Å²) >= 11 is 5.82. The van der Waals surface area contributed by atoms with E-state index in [0.717, 1.165) is 6.54 Å². The molecule has 0 amide bonds. The highest BCUT2D eigenvalue weighted by Gasteiger charge is 2.44. The van der Waals surface area contributed by atoms with Crippen molar-refractivity contribution in [3.63, 3.8) is 0 Å². The fourth-order valence-electron chi connectivity index (χ4n) is 2.51. The Bertz CT molecular complexity index is 680. The molecule has 3 rings (SSSR count). The van der Waals surface area contributed by atoms with Crippen LogP contribution in [0.25, 0.3) is 11.2 Å². The van der Waals surface area contributed by atoms with Gasteiger partial charge in [-0.1, -0.05) is 6.92 Å². The van der Waals surface area contributed by atoms with E-state index in [1.165, 1.54) is 10.9 Å². The van der Waals surface area contributed by atoms with Crippen LogP contribution >= 0.6 is 11.6 Å². The zero-order valence-corrected chi connectivity index (χ0v) is 12.6. The number of aliphatic hydroxyl groups excluding tert-OH is 2. The van der Waals surface area contributed by atoms with Crippen LogP contribution in [0.1, 0.15) is 13.2 Å². The number of ether oxygens (including phenoxy) is 1. The normalized spacial score (nSPS) is 28.5. The Morgan fingerprint density at radius 2 is 2.18 bits per heavy atom. The lowest BCUT2D eigenvalue weighted by Gasteiger charge is -2.16. The second-order valence-corrected chi connectivity index (χ2v) is 5.39. The summed E-state index contributed by atoms with van der Waals surface area (Å²) in [6, 6.07) is 0. The van der Waals surface area contributed by atoms with Gasteiger partial charge in [-0.25, -0.2) is 4.98 Å². The minimum absolute atomic E-state index is 0.0241. The number of rotatable bonds is 4. The number of nitrogen functional groups attached to an aromatic ring is 1. The van der Waals surface area contributed by atoms with Gasteiger partial charge < -0.3 is 26.0 Å². The lowest BCUT2D eigenvalue weighted by molar-refractivity contribution is -0.0340. The van der Waals surface area contributed by atoms with E-state index in [0.29, 0.717) is 17.7 Å². The van der Waals surface area contributed by atoms with Gasteiger partial charge >= 0.3 is 0 Å². The number of hydrogen-bond donors (Lipinski definition) is 4. The van der Waals surface area contributed by atoms with Gasteiger partial charge in [0.1, 0.15) is 23.8 Å². The molecule has 0 saturated carbocycles. The molecule has 0 spiro atoms. The van der Waals surface area contributed by atoms with Crippen LogP contribution in [-0.2, 0) is 4.74 Å². The predicted octanol–water partition coefficient (Wildman–Crippen LogP) is -0.709. The van der Waals surface area contributed by atoms with Crippen LogP contribution in [0.15, 0.2) is 6.33 Å². The first-order chi connectivity index (χ1) is 10.5. The summed E-state index contributed by atoms with van der Waals surface area (Å²) in [5.41, 5.74) is 6.46. The van der Waals surface area contributed by atoms with Gasteiger partial charge in [-0.2, -0.15) is 9.97 Å². The van der Waals surface area contributed by atoms with Gasteiger partial charge in [0.05, 0.1) is 6.33 Å². The summed E-state index contributed by atoms with van der Waals surface area (Å²) in [4.78, 5) is 12.0. The predicted molar refractivity (Wildman–Crippen MR) is 79.2 cm³/mol. The van der Waals surface area contributed by atoms with Crippen LogP contribution < -0.4 is 11.1 Å². The zero-order chi connectivity index (χ0) is 15.9. The van der Waals surface area contributed by atoms with E-state index >= 15 is 0 Å². The molecule has 10 heteroatoms. The van der Waals surface area contributed by atoms with E-state index in [-0.39, 0.29) is 11.1 Å². The standard InChI is InChI=1S/C12H17ClN6O3/c1-2-15-3-5-7(20)8(21)11(22-5)19-4-16-6-9(14)17-12(13)18-10(6)19/h4-5,7-8,11,15,20-21H,2-3H2,1H3,(H2,14,17,18). The van der Waals surface area contributed by atoms with Crippen molar-refractivity contribution in [3.8, 4) is 0 Å². The molecule has 1 fully saturated rings. The molecule has 3 heterocycles. The summed E-state index contributed by atoms with van der Waals surface area (Å²) < 4.78 is 7.24. The first-order valence-corrected chi connectivity index (χ1v) is 7.28. The van der Waals surface area contributed by atoms with Crippen LogP contribution in [-0.4, -0.2) is 61.1 Å². The lowest BCUT2D eigenvalue weighted by Crippen LogP contribution is -2.37. The summed E-state index contributed by atoms with van der Waals surface area (Å²) in [5, 5.41) is 23.4. The van der Waals surface area contributed by atoms with E-state index < -0.39 is 24.5 Å². The molecule has 4 atom stereocenters. The summed E-state index contributed by atoms with van der Waals surface area (Å²) in [7, 11) is 0. The van der Waals surface area contributed by atoms with Crippen molar-refractivity contribution in [2.24, 2.45) is 0 Å². The molecular formula is C12H17ClN6O3. The van der Waals surface area contributed by atoms with Crippen molar-refractivity contribution in [2.45, 2.75) is 31.5 Å². The molecule has 1 aliphatic rings. The number of anilines is 1. The van der Waals surface area contributed by atoms with E-state index in [1.54, 1.807) is 0 Å². The fourth-order valence-corrected chi connectivity index (χ4v) is 2.68. The van der Waals surface area contributed by atoms with E-state index in [9.17, 15) is 10.2 Å². The molecule has 0 bridgehead atoms. The molecule has 120 valence electrons. The second kappa shape index (κ2) is 5.94. The van der Waals surface area contributed by atoms with Crippen molar-refractivity contribution >= 4 is 28.6 Å². The Morgan fingerprint density at radius 1 is 1.41 bits per heavy atom. The quantitative estimate of drug-likeness (QED) is 0.541. The highest BCUT2D eigenvalue weighted by molar-refractivity contribution is 6.28. The summed E-state index contributed by atoms with van der Waals surface area (Å²) in [6.07, 6.45) is -2.06. The fraction of sp³-hybridized carbons (Fsp3) is 0.583. The summed E-state index contributed by atoms with van der Waals surface area (Å²) in [5.74, 6) is 0.144. The van der Waals surface area contributed by atoms with Gasteiger partial charge in [-0.05, 0) is 18.1 Å². The SMILES string of the molecule is CCNCC1OC(n2cnc3c(N)nc(Cl)nc32)C(O)C1O. The molecule has 5 N–H and O–H groups in total. The molecule has 1 aliphatic heterocycles. The molecule has 0 aliphatic carbocycles. The monoisotopic (exact) mass is 328 g/mol. The minimum Gasteiger partial charge on any atom is -0.387 e. The third kappa shape index (κ3) is 2.50. The van der Waals surface area contributed by atoms with Crippen LogP contribution in [0, 0.1) is 0 Å². The first-order valence-electron chi connectivity index (χ1n) is 6.90. The molecule has 9 nitrogen and oxygen atoms in total. The topological polar surface area (TPSA) is 131 Å². The molecular weight excluding hydrogens is 312 g/mol. The molecule has 1 saturated heterocycles. The molecule has 0 radical (unpaired) electrons. The number of hydrogen-bond acceptors (Lipinski definition) is 8. The maximum absolute atomic E-state index is 10.2. The number of fused-ring (bicyclic) bond motifs is 1. The van der Waals surface area contributed by atoms with Crippen molar-refractivity contribution in [1.82, 2.24) is 24.8 Å². The lowest BCUT2D eigenvalue weighted by atomic mass is 10.1. The number of nitrogens with zero attached hydrogens (tertiary/aromatic N) is 4. The maximum atomic E-state index is 10.2. The van der Waals surface area contributed by atoms with Gasteiger partial charge in [0.25, 0.3) is 0 Å². The molecule has 2 aromatic heterocycles. The van der Waals surface area contributed by atoms with Crippen molar-refractivity contribution in [1.29, 1.82) is 0 Å². The Hall–Kier alpha value is -1.52. The van der Waals surface area contributed by atoms with Crippen molar-refractivity contribution in [2.75, 3.05) is 18.8 Å².